The Hall–Kier alpha value is -2.93. The summed E-state index contributed by atoms with van der Waals surface area (Å²) in [5.41, 5.74) is 2.15. The molecule has 0 bridgehead atoms. The van der Waals surface area contributed by atoms with Crippen LogP contribution in [0.4, 0.5) is 5.13 Å². The molecule has 0 spiro atoms. The predicted molar refractivity (Wildman–Crippen MR) is 106 cm³/mol. The molecule has 0 radical (unpaired) electrons. The summed E-state index contributed by atoms with van der Waals surface area (Å²) in [5, 5.41) is 12.2. The average molecular weight is 383 g/mol. The Labute approximate surface area is 162 Å². The van der Waals surface area contributed by atoms with Gasteiger partial charge in [-0.2, -0.15) is 0 Å². The monoisotopic (exact) mass is 383 g/mol. The van der Waals surface area contributed by atoms with Gasteiger partial charge in [-0.05, 0) is 25.5 Å². The first-order valence-electron chi connectivity index (χ1n) is 8.61. The van der Waals surface area contributed by atoms with Crippen LogP contribution in [0.1, 0.15) is 18.9 Å². The van der Waals surface area contributed by atoms with Crippen LogP contribution in [-0.4, -0.2) is 29.3 Å². The van der Waals surface area contributed by atoms with E-state index in [9.17, 15) is 4.79 Å². The molecule has 1 amide bonds. The Kier molecular flexibility index (Phi) is 6.03. The Morgan fingerprint density at radius 3 is 2.48 bits per heavy atom. The maximum atomic E-state index is 12.6. The highest BCUT2D eigenvalue weighted by Crippen LogP contribution is 2.29. The second kappa shape index (κ2) is 8.64. The minimum Gasteiger partial charge on any atom is -0.493 e. The summed E-state index contributed by atoms with van der Waals surface area (Å²) in [6.45, 7) is 3.92. The Morgan fingerprint density at radius 2 is 1.81 bits per heavy atom. The summed E-state index contributed by atoms with van der Waals surface area (Å²) in [5.74, 6) is 0.843. The SMILES string of the molecule is CC[C@@H](Oc1ccccc1OC)C(=O)Nc1nnc(-c2ccc(C)cc2)s1. The highest BCUT2D eigenvalue weighted by molar-refractivity contribution is 7.18. The lowest BCUT2D eigenvalue weighted by atomic mass is 10.2. The molecule has 7 heteroatoms. The maximum Gasteiger partial charge on any atom is 0.267 e. The molecule has 0 saturated heterocycles. The molecule has 3 rings (SSSR count). The van der Waals surface area contributed by atoms with Crippen molar-refractivity contribution in [2.75, 3.05) is 12.4 Å². The molecule has 0 saturated carbocycles. The highest BCUT2D eigenvalue weighted by atomic mass is 32.1. The van der Waals surface area contributed by atoms with Crippen molar-refractivity contribution in [2.45, 2.75) is 26.4 Å². The van der Waals surface area contributed by atoms with Crippen molar-refractivity contribution in [3.8, 4) is 22.1 Å². The number of aromatic nitrogens is 2. The van der Waals surface area contributed by atoms with Gasteiger partial charge in [0.25, 0.3) is 5.91 Å². The van der Waals surface area contributed by atoms with Crippen molar-refractivity contribution >= 4 is 22.4 Å². The molecule has 2 aromatic carbocycles. The van der Waals surface area contributed by atoms with E-state index in [-0.39, 0.29) is 5.91 Å². The molecular formula is C20H21N3O3S. The molecule has 0 aliphatic heterocycles. The van der Waals surface area contributed by atoms with E-state index in [2.05, 4.69) is 15.5 Å². The number of benzene rings is 2. The number of rotatable bonds is 7. The minimum atomic E-state index is -0.659. The summed E-state index contributed by atoms with van der Waals surface area (Å²) < 4.78 is 11.1. The molecule has 1 atom stereocenters. The molecule has 6 nitrogen and oxygen atoms in total. The fraction of sp³-hybridized carbons (Fsp3) is 0.250. The van der Waals surface area contributed by atoms with Crippen molar-refractivity contribution in [1.29, 1.82) is 0 Å². The van der Waals surface area contributed by atoms with Crippen LogP contribution in [0.15, 0.2) is 48.5 Å². The van der Waals surface area contributed by atoms with Gasteiger partial charge < -0.3 is 9.47 Å². The summed E-state index contributed by atoms with van der Waals surface area (Å²) in [6.07, 6.45) is -0.152. The van der Waals surface area contributed by atoms with Crippen LogP contribution < -0.4 is 14.8 Å². The number of anilines is 1. The standard InChI is InChI=1S/C20H21N3O3S/c1-4-15(26-17-8-6-5-7-16(17)25-3)18(24)21-20-23-22-19(27-20)14-11-9-13(2)10-12-14/h5-12,15H,4H2,1-3H3,(H,21,23,24)/t15-/m1/s1. The number of aryl methyl sites for hydroxylation is 1. The van der Waals surface area contributed by atoms with Gasteiger partial charge in [-0.15, -0.1) is 10.2 Å². The highest BCUT2D eigenvalue weighted by Gasteiger charge is 2.21. The van der Waals surface area contributed by atoms with Crippen LogP contribution in [0.2, 0.25) is 0 Å². The number of nitrogens with zero attached hydrogens (tertiary/aromatic N) is 2. The predicted octanol–water partition coefficient (Wildman–Crippen LogP) is 4.32. The topological polar surface area (TPSA) is 73.3 Å². The zero-order valence-corrected chi connectivity index (χ0v) is 16.2. The first-order chi connectivity index (χ1) is 13.1. The third-order valence-corrected chi connectivity index (χ3v) is 4.84. The molecule has 27 heavy (non-hydrogen) atoms. The summed E-state index contributed by atoms with van der Waals surface area (Å²) in [4.78, 5) is 12.6. The molecule has 1 aromatic heterocycles. The van der Waals surface area contributed by atoms with Gasteiger partial charge in [-0.25, -0.2) is 0 Å². The number of hydrogen-bond donors (Lipinski definition) is 1. The molecule has 3 aromatic rings. The van der Waals surface area contributed by atoms with E-state index in [1.807, 2.05) is 50.2 Å². The van der Waals surface area contributed by atoms with Crippen LogP contribution in [0.3, 0.4) is 0 Å². The van der Waals surface area contributed by atoms with Crippen LogP contribution >= 0.6 is 11.3 Å². The van der Waals surface area contributed by atoms with E-state index in [0.717, 1.165) is 10.6 Å². The Morgan fingerprint density at radius 1 is 1.11 bits per heavy atom. The zero-order valence-electron chi connectivity index (χ0n) is 15.4. The van der Waals surface area contributed by atoms with Gasteiger partial charge in [0.15, 0.2) is 17.6 Å². The van der Waals surface area contributed by atoms with E-state index in [4.69, 9.17) is 9.47 Å². The maximum absolute atomic E-state index is 12.6. The van der Waals surface area contributed by atoms with Gasteiger partial charge >= 0.3 is 0 Å². The molecule has 0 unspecified atom stereocenters. The number of methoxy groups -OCH3 is 1. The van der Waals surface area contributed by atoms with E-state index < -0.39 is 6.10 Å². The lowest BCUT2D eigenvalue weighted by Gasteiger charge is -2.18. The minimum absolute atomic E-state index is 0.269. The van der Waals surface area contributed by atoms with E-state index >= 15 is 0 Å². The number of ether oxygens (including phenoxy) is 2. The van der Waals surface area contributed by atoms with E-state index in [1.54, 1.807) is 19.2 Å². The molecule has 0 aliphatic carbocycles. The summed E-state index contributed by atoms with van der Waals surface area (Å²) in [6, 6.07) is 15.3. The van der Waals surface area contributed by atoms with Gasteiger partial charge in [0.05, 0.1) is 7.11 Å². The van der Waals surface area contributed by atoms with Crippen LogP contribution in [-0.2, 0) is 4.79 Å². The molecule has 0 aliphatic rings. The van der Waals surface area contributed by atoms with Gasteiger partial charge in [0, 0.05) is 5.56 Å². The van der Waals surface area contributed by atoms with Crippen molar-refractivity contribution in [1.82, 2.24) is 10.2 Å². The molecule has 0 fully saturated rings. The average Bonchev–Trinajstić information content (AvgIpc) is 3.15. The van der Waals surface area contributed by atoms with E-state index in [1.165, 1.54) is 16.9 Å². The first kappa shape index (κ1) is 18.8. The molecule has 140 valence electrons. The fourth-order valence-corrected chi connectivity index (χ4v) is 3.22. The third-order valence-electron chi connectivity index (χ3n) is 3.96. The molecule has 1 N–H and O–H groups in total. The van der Waals surface area contributed by atoms with Crippen molar-refractivity contribution in [2.24, 2.45) is 0 Å². The lowest BCUT2D eigenvalue weighted by Crippen LogP contribution is -2.32. The summed E-state index contributed by atoms with van der Waals surface area (Å²) >= 11 is 1.33. The number of amides is 1. The molecular weight excluding hydrogens is 362 g/mol. The summed E-state index contributed by atoms with van der Waals surface area (Å²) in [7, 11) is 1.57. The van der Waals surface area contributed by atoms with Gasteiger partial charge in [0.2, 0.25) is 5.13 Å². The Balaban J connectivity index is 1.69. The van der Waals surface area contributed by atoms with Crippen LogP contribution in [0, 0.1) is 6.92 Å². The van der Waals surface area contributed by atoms with Crippen molar-refractivity contribution in [3.05, 3.63) is 54.1 Å². The smallest absolute Gasteiger partial charge is 0.267 e. The largest absolute Gasteiger partial charge is 0.493 e. The second-order valence-electron chi connectivity index (χ2n) is 5.93. The van der Waals surface area contributed by atoms with Crippen LogP contribution in [0.25, 0.3) is 10.6 Å². The zero-order chi connectivity index (χ0) is 19.2. The lowest BCUT2D eigenvalue weighted by molar-refractivity contribution is -0.122. The van der Waals surface area contributed by atoms with Gasteiger partial charge in [0.1, 0.15) is 5.01 Å². The van der Waals surface area contributed by atoms with E-state index in [0.29, 0.717) is 23.1 Å². The van der Waals surface area contributed by atoms with Gasteiger partial charge in [-0.1, -0.05) is 60.2 Å². The number of nitrogens with one attached hydrogen (secondary N) is 1. The molecule has 1 heterocycles. The quantitative estimate of drug-likeness (QED) is 0.658. The van der Waals surface area contributed by atoms with Gasteiger partial charge in [-0.3, -0.25) is 10.1 Å². The number of hydrogen-bond acceptors (Lipinski definition) is 6. The fourth-order valence-electron chi connectivity index (χ4n) is 2.46. The van der Waals surface area contributed by atoms with Crippen molar-refractivity contribution in [3.63, 3.8) is 0 Å². The third kappa shape index (κ3) is 4.62. The first-order valence-corrected chi connectivity index (χ1v) is 9.43. The number of carbonyl (C=O) groups excluding carboxylic acids is 1. The van der Waals surface area contributed by atoms with Crippen molar-refractivity contribution < 1.29 is 14.3 Å². The normalized spacial score (nSPS) is 11.7. The van der Waals surface area contributed by atoms with Crippen LogP contribution in [0.5, 0.6) is 11.5 Å². The number of para-hydroxylation sites is 2. The Bertz CT molecular complexity index is 909. The number of carbonyl (C=O) groups is 1. The second-order valence-corrected chi connectivity index (χ2v) is 6.91.